The highest BCUT2D eigenvalue weighted by atomic mass is 19.4. The monoisotopic (exact) mass is 290 g/mol. The van der Waals surface area contributed by atoms with Crippen molar-refractivity contribution in [2.45, 2.75) is 12.3 Å². The van der Waals surface area contributed by atoms with Crippen LogP contribution in [0.3, 0.4) is 0 Å². The van der Waals surface area contributed by atoms with E-state index < -0.39 is 17.9 Å². The summed E-state index contributed by atoms with van der Waals surface area (Å²) >= 11 is 0. The van der Waals surface area contributed by atoms with Crippen LogP contribution in [0.4, 0.5) is 18.9 Å². The van der Waals surface area contributed by atoms with Crippen LogP contribution in [0.1, 0.15) is 22.9 Å². The van der Waals surface area contributed by atoms with Crippen molar-refractivity contribution in [2.75, 3.05) is 4.90 Å². The van der Waals surface area contributed by atoms with Crippen LogP contribution in [0.25, 0.3) is 6.08 Å². The highest BCUT2D eigenvalue weighted by Crippen LogP contribution is 2.35. The summed E-state index contributed by atoms with van der Waals surface area (Å²) in [4.78, 5) is 1.64. The smallest absolute Gasteiger partial charge is 0.328 e. The fraction of sp³-hybridized carbons (Fsp3) is 0.125. The molecule has 1 aliphatic heterocycles. The van der Waals surface area contributed by atoms with Crippen LogP contribution in [-0.2, 0) is 6.18 Å². The number of nitrogens with zero attached hydrogens (tertiary/aromatic N) is 1. The molecule has 1 unspecified atom stereocenters. The zero-order valence-corrected chi connectivity index (χ0v) is 11.0. The summed E-state index contributed by atoms with van der Waals surface area (Å²) in [7, 11) is 0. The van der Waals surface area contributed by atoms with Gasteiger partial charge in [-0.15, -0.1) is 0 Å². The molecule has 0 aliphatic carbocycles. The summed E-state index contributed by atoms with van der Waals surface area (Å²) in [6.45, 7) is 0. The van der Waals surface area contributed by atoms with Crippen LogP contribution in [0.15, 0.2) is 54.7 Å². The molecule has 0 amide bonds. The van der Waals surface area contributed by atoms with E-state index in [0.717, 1.165) is 23.3 Å². The first-order valence-corrected chi connectivity index (χ1v) is 6.45. The molecule has 2 aromatic rings. The molecule has 0 spiro atoms. The van der Waals surface area contributed by atoms with Crippen molar-refractivity contribution < 1.29 is 13.2 Å². The molecule has 1 aliphatic rings. The second kappa shape index (κ2) is 4.93. The van der Waals surface area contributed by atoms with E-state index in [0.29, 0.717) is 5.69 Å². The fourth-order valence-electron chi connectivity index (χ4n) is 2.42. The molecule has 2 N–H and O–H groups in total. The quantitative estimate of drug-likeness (QED) is 0.854. The van der Waals surface area contributed by atoms with E-state index in [1.165, 1.54) is 6.07 Å². The lowest BCUT2D eigenvalue weighted by Crippen LogP contribution is -2.32. The highest BCUT2D eigenvalue weighted by molar-refractivity contribution is 5.66. The maximum absolute atomic E-state index is 12.8. The third-order valence-electron chi connectivity index (χ3n) is 3.50. The third-order valence-corrected chi connectivity index (χ3v) is 3.50. The molecule has 0 saturated carbocycles. The van der Waals surface area contributed by atoms with Gasteiger partial charge in [0, 0.05) is 11.9 Å². The average molecular weight is 290 g/mol. The second-order valence-corrected chi connectivity index (χ2v) is 4.84. The Labute approximate surface area is 120 Å². The van der Waals surface area contributed by atoms with Gasteiger partial charge in [0.05, 0.1) is 5.56 Å². The minimum absolute atomic E-state index is 0.420. The molecule has 21 heavy (non-hydrogen) atoms. The zero-order valence-electron chi connectivity index (χ0n) is 11.0. The number of hydrogen-bond donors (Lipinski definition) is 1. The molecular formula is C16H13F3N2. The predicted molar refractivity (Wildman–Crippen MR) is 76.3 cm³/mol. The summed E-state index contributed by atoms with van der Waals surface area (Å²) in [5.41, 5.74) is 7.78. The maximum atomic E-state index is 12.8. The Morgan fingerprint density at radius 1 is 1.00 bits per heavy atom. The Morgan fingerprint density at radius 3 is 2.52 bits per heavy atom. The topological polar surface area (TPSA) is 29.3 Å². The minimum Gasteiger partial charge on any atom is -0.328 e. The number of rotatable bonds is 1. The number of hydrogen-bond acceptors (Lipinski definition) is 2. The van der Waals surface area contributed by atoms with E-state index in [1.54, 1.807) is 17.2 Å². The Morgan fingerprint density at radius 2 is 1.76 bits per heavy atom. The summed E-state index contributed by atoms with van der Waals surface area (Å²) < 4.78 is 38.4. The number of nitrogens with two attached hydrogens (primary N) is 1. The SMILES string of the molecule is NC1c2ccccc2C=CN1c1cccc(C(F)(F)F)c1. The molecule has 1 heterocycles. The van der Waals surface area contributed by atoms with Gasteiger partial charge in [0.25, 0.3) is 0 Å². The van der Waals surface area contributed by atoms with Gasteiger partial charge in [0.1, 0.15) is 6.17 Å². The van der Waals surface area contributed by atoms with Crippen LogP contribution in [0, 0.1) is 0 Å². The van der Waals surface area contributed by atoms with E-state index in [9.17, 15) is 13.2 Å². The summed E-state index contributed by atoms with van der Waals surface area (Å²) in [5.74, 6) is 0. The number of fused-ring (bicyclic) bond motifs is 1. The number of alkyl halides is 3. The van der Waals surface area contributed by atoms with Crippen molar-refractivity contribution in [1.29, 1.82) is 0 Å². The Balaban J connectivity index is 2.00. The largest absolute Gasteiger partial charge is 0.416 e. The van der Waals surface area contributed by atoms with Gasteiger partial charge in [0.2, 0.25) is 0 Å². The van der Waals surface area contributed by atoms with E-state index in [1.807, 2.05) is 30.3 Å². The van der Waals surface area contributed by atoms with Crippen molar-refractivity contribution in [3.63, 3.8) is 0 Å². The molecule has 0 aromatic heterocycles. The molecule has 0 fully saturated rings. The number of anilines is 1. The first-order valence-electron chi connectivity index (χ1n) is 6.45. The summed E-state index contributed by atoms with van der Waals surface area (Å²) in [5, 5.41) is 0. The predicted octanol–water partition coefficient (Wildman–Crippen LogP) is 4.15. The molecule has 0 bridgehead atoms. The third kappa shape index (κ3) is 2.52. The minimum atomic E-state index is -4.36. The first-order chi connectivity index (χ1) is 9.97. The lowest BCUT2D eigenvalue weighted by atomic mass is 10.0. The van der Waals surface area contributed by atoms with Gasteiger partial charge in [-0.25, -0.2) is 0 Å². The molecule has 2 nitrogen and oxygen atoms in total. The highest BCUT2D eigenvalue weighted by Gasteiger charge is 2.31. The Kier molecular flexibility index (Phi) is 3.22. The number of halogens is 3. The molecule has 108 valence electrons. The van der Waals surface area contributed by atoms with Crippen LogP contribution < -0.4 is 10.6 Å². The first kappa shape index (κ1) is 13.7. The van der Waals surface area contributed by atoms with E-state index >= 15 is 0 Å². The van der Waals surface area contributed by atoms with Gasteiger partial charge in [-0.3, -0.25) is 0 Å². The van der Waals surface area contributed by atoms with Crippen molar-refractivity contribution in [3.8, 4) is 0 Å². The fourth-order valence-corrected chi connectivity index (χ4v) is 2.42. The van der Waals surface area contributed by atoms with Gasteiger partial charge in [0.15, 0.2) is 0 Å². The van der Waals surface area contributed by atoms with Gasteiger partial charge >= 0.3 is 6.18 Å². The van der Waals surface area contributed by atoms with E-state index in [2.05, 4.69) is 0 Å². The molecule has 0 radical (unpaired) electrons. The van der Waals surface area contributed by atoms with Crippen LogP contribution in [0.2, 0.25) is 0 Å². The molecule has 5 heteroatoms. The van der Waals surface area contributed by atoms with Crippen molar-refractivity contribution in [1.82, 2.24) is 0 Å². The molecule has 0 saturated heterocycles. The summed E-state index contributed by atoms with van der Waals surface area (Å²) in [6.07, 6.45) is -1.31. The van der Waals surface area contributed by atoms with Crippen LogP contribution in [0.5, 0.6) is 0 Å². The van der Waals surface area contributed by atoms with Crippen molar-refractivity contribution in [2.24, 2.45) is 5.73 Å². The van der Waals surface area contributed by atoms with E-state index in [4.69, 9.17) is 5.73 Å². The maximum Gasteiger partial charge on any atom is 0.416 e. The lowest BCUT2D eigenvalue weighted by Gasteiger charge is -2.32. The van der Waals surface area contributed by atoms with Gasteiger partial charge < -0.3 is 10.6 Å². The van der Waals surface area contributed by atoms with Gasteiger partial charge in [-0.1, -0.05) is 30.3 Å². The Hall–Kier alpha value is -2.27. The van der Waals surface area contributed by atoms with Crippen molar-refractivity contribution in [3.05, 3.63) is 71.4 Å². The average Bonchev–Trinajstić information content (AvgIpc) is 2.47. The van der Waals surface area contributed by atoms with E-state index in [-0.39, 0.29) is 0 Å². The van der Waals surface area contributed by atoms with Gasteiger partial charge in [-0.05, 0) is 35.4 Å². The lowest BCUT2D eigenvalue weighted by molar-refractivity contribution is -0.137. The second-order valence-electron chi connectivity index (χ2n) is 4.84. The normalized spacial score (nSPS) is 17.7. The molecular weight excluding hydrogens is 277 g/mol. The standard InChI is InChI=1S/C16H13F3N2/c17-16(18,19)12-5-3-6-13(10-12)21-9-8-11-4-1-2-7-14(11)15(21)20/h1-10,15H,20H2. The summed E-state index contributed by atoms with van der Waals surface area (Å²) in [6, 6.07) is 12.7. The van der Waals surface area contributed by atoms with Crippen LogP contribution >= 0.6 is 0 Å². The molecule has 3 rings (SSSR count). The van der Waals surface area contributed by atoms with Crippen LogP contribution in [-0.4, -0.2) is 0 Å². The zero-order chi connectivity index (χ0) is 15.0. The molecule has 2 aromatic carbocycles. The van der Waals surface area contributed by atoms with Gasteiger partial charge in [-0.2, -0.15) is 13.2 Å². The van der Waals surface area contributed by atoms with Crippen molar-refractivity contribution >= 4 is 11.8 Å². The number of benzene rings is 2. The Bertz CT molecular complexity index is 692. The molecule has 1 atom stereocenters.